The molecule has 2 aromatic carbocycles. The van der Waals surface area contributed by atoms with Crippen molar-refractivity contribution >= 4 is 29.0 Å². The van der Waals surface area contributed by atoms with Gasteiger partial charge in [-0.2, -0.15) is 13.2 Å². The van der Waals surface area contributed by atoms with Crippen LogP contribution in [0.1, 0.15) is 15.9 Å². The van der Waals surface area contributed by atoms with Crippen molar-refractivity contribution in [3.05, 3.63) is 53.6 Å². The van der Waals surface area contributed by atoms with E-state index in [0.717, 1.165) is 5.56 Å². The first-order valence-corrected chi connectivity index (χ1v) is 7.10. The summed E-state index contributed by atoms with van der Waals surface area (Å²) in [6.07, 6.45) is 0. The normalized spacial score (nSPS) is 11.3. The van der Waals surface area contributed by atoms with Crippen LogP contribution >= 0.6 is 11.8 Å². The average Bonchev–Trinajstić information content (AvgIpc) is 2.41. The average molecular weight is 326 g/mol. The first-order valence-electron chi connectivity index (χ1n) is 6.28. The predicted octanol–water partition coefficient (Wildman–Crippen LogP) is 4.44. The first-order chi connectivity index (χ1) is 10.3. The number of nitrogens with one attached hydrogen (secondary N) is 1. The summed E-state index contributed by atoms with van der Waals surface area (Å²) in [4.78, 5) is 12.0. The number of nitrogen functional groups attached to an aromatic ring is 1. The van der Waals surface area contributed by atoms with E-state index in [0.29, 0.717) is 11.4 Å². The minimum atomic E-state index is -4.45. The second-order valence-electron chi connectivity index (χ2n) is 4.57. The van der Waals surface area contributed by atoms with Crippen LogP contribution in [-0.2, 0) is 0 Å². The molecule has 2 rings (SSSR count). The second-order valence-corrected chi connectivity index (χ2v) is 5.68. The van der Waals surface area contributed by atoms with Gasteiger partial charge in [0.25, 0.3) is 5.91 Å². The standard InChI is InChI=1S/C15H13F3N2OS/c1-9-6-7-10(8-12(9)19)20-14(21)11-4-2-3-5-13(11)22-15(16,17)18/h2-8H,19H2,1H3,(H,20,21). The molecule has 0 saturated heterocycles. The third kappa shape index (κ3) is 4.17. The number of hydrogen-bond acceptors (Lipinski definition) is 3. The third-order valence-corrected chi connectivity index (χ3v) is 3.70. The maximum Gasteiger partial charge on any atom is 0.446 e. The van der Waals surface area contributed by atoms with Gasteiger partial charge in [0, 0.05) is 16.3 Å². The minimum absolute atomic E-state index is 0.0380. The molecule has 3 nitrogen and oxygen atoms in total. The Balaban J connectivity index is 2.24. The quantitative estimate of drug-likeness (QED) is 0.647. The third-order valence-electron chi connectivity index (χ3n) is 2.89. The first kappa shape index (κ1) is 16.2. The van der Waals surface area contributed by atoms with Gasteiger partial charge in [0.1, 0.15) is 0 Å². The Morgan fingerprint density at radius 3 is 2.50 bits per heavy atom. The van der Waals surface area contributed by atoms with Gasteiger partial charge in [-0.3, -0.25) is 4.79 Å². The predicted molar refractivity (Wildman–Crippen MR) is 81.9 cm³/mol. The van der Waals surface area contributed by atoms with Crippen molar-refractivity contribution in [1.82, 2.24) is 0 Å². The Morgan fingerprint density at radius 1 is 1.18 bits per heavy atom. The van der Waals surface area contributed by atoms with Gasteiger partial charge in [-0.15, -0.1) is 0 Å². The van der Waals surface area contributed by atoms with Crippen molar-refractivity contribution in [2.75, 3.05) is 11.1 Å². The Labute approximate surface area is 129 Å². The van der Waals surface area contributed by atoms with E-state index in [1.54, 1.807) is 18.2 Å². The smallest absolute Gasteiger partial charge is 0.398 e. The number of nitrogens with two attached hydrogens (primary N) is 1. The summed E-state index contributed by atoms with van der Waals surface area (Å²) in [6.45, 7) is 1.82. The van der Waals surface area contributed by atoms with Crippen LogP contribution in [0.25, 0.3) is 0 Å². The second kappa shape index (κ2) is 6.31. The lowest BCUT2D eigenvalue weighted by Crippen LogP contribution is -2.14. The Hall–Kier alpha value is -2.15. The number of alkyl halides is 3. The molecule has 1 amide bonds. The molecule has 0 aliphatic rings. The molecular weight excluding hydrogens is 313 g/mol. The van der Waals surface area contributed by atoms with E-state index in [1.165, 1.54) is 24.3 Å². The van der Waals surface area contributed by atoms with Gasteiger partial charge in [0.05, 0.1) is 5.56 Å². The lowest BCUT2D eigenvalue weighted by molar-refractivity contribution is -0.0328. The fourth-order valence-corrected chi connectivity index (χ4v) is 2.45. The van der Waals surface area contributed by atoms with Crippen molar-refractivity contribution in [2.45, 2.75) is 17.3 Å². The van der Waals surface area contributed by atoms with Crippen LogP contribution in [0.3, 0.4) is 0 Å². The molecule has 0 heterocycles. The maximum atomic E-state index is 12.5. The fraction of sp³-hybridized carbons (Fsp3) is 0.133. The van der Waals surface area contributed by atoms with Gasteiger partial charge in [-0.1, -0.05) is 18.2 Å². The van der Waals surface area contributed by atoms with Crippen LogP contribution in [0.5, 0.6) is 0 Å². The highest BCUT2D eigenvalue weighted by atomic mass is 32.2. The zero-order chi connectivity index (χ0) is 16.3. The highest BCUT2D eigenvalue weighted by Crippen LogP contribution is 2.38. The molecule has 2 aromatic rings. The number of anilines is 2. The monoisotopic (exact) mass is 326 g/mol. The summed E-state index contributed by atoms with van der Waals surface area (Å²) in [7, 11) is 0. The van der Waals surface area contributed by atoms with E-state index < -0.39 is 11.4 Å². The minimum Gasteiger partial charge on any atom is -0.398 e. The molecule has 116 valence electrons. The molecule has 0 spiro atoms. The van der Waals surface area contributed by atoms with Gasteiger partial charge >= 0.3 is 5.51 Å². The van der Waals surface area contributed by atoms with E-state index in [4.69, 9.17) is 5.73 Å². The molecule has 0 aliphatic heterocycles. The van der Waals surface area contributed by atoms with Gasteiger partial charge in [0.15, 0.2) is 0 Å². The molecule has 0 bridgehead atoms. The van der Waals surface area contributed by atoms with Crippen LogP contribution in [0.4, 0.5) is 24.5 Å². The summed E-state index contributed by atoms with van der Waals surface area (Å²) in [6, 6.07) is 10.5. The number of rotatable bonds is 3. The molecule has 22 heavy (non-hydrogen) atoms. The Morgan fingerprint density at radius 2 is 1.86 bits per heavy atom. The number of aryl methyl sites for hydroxylation is 1. The summed E-state index contributed by atoms with van der Waals surface area (Å²) < 4.78 is 37.6. The lowest BCUT2D eigenvalue weighted by Gasteiger charge is -2.12. The molecule has 0 aromatic heterocycles. The zero-order valence-corrected chi connectivity index (χ0v) is 12.4. The topological polar surface area (TPSA) is 55.1 Å². The van der Waals surface area contributed by atoms with Crippen LogP contribution in [0, 0.1) is 6.92 Å². The summed E-state index contributed by atoms with van der Waals surface area (Å²) in [5.41, 5.74) is 3.03. The van der Waals surface area contributed by atoms with E-state index >= 15 is 0 Å². The Kier molecular flexibility index (Phi) is 4.65. The molecular formula is C15H13F3N2OS. The highest BCUT2D eigenvalue weighted by molar-refractivity contribution is 8.00. The van der Waals surface area contributed by atoms with Crippen molar-refractivity contribution in [3.63, 3.8) is 0 Å². The summed E-state index contributed by atoms with van der Waals surface area (Å²) in [5, 5.41) is 2.55. The maximum absolute atomic E-state index is 12.5. The van der Waals surface area contributed by atoms with Crippen molar-refractivity contribution in [2.24, 2.45) is 0 Å². The number of carbonyl (C=O) groups excluding carboxylic acids is 1. The number of benzene rings is 2. The number of amides is 1. The van der Waals surface area contributed by atoms with Crippen molar-refractivity contribution < 1.29 is 18.0 Å². The van der Waals surface area contributed by atoms with Gasteiger partial charge in [-0.05, 0) is 48.5 Å². The van der Waals surface area contributed by atoms with Gasteiger partial charge < -0.3 is 11.1 Å². The van der Waals surface area contributed by atoms with Crippen molar-refractivity contribution in [1.29, 1.82) is 0 Å². The van der Waals surface area contributed by atoms with Gasteiger partial charge in [-0.25, -0.2) is 0 Å². The molecule has 0 fully saturated rings. The molecule has 7 heteroatoms. The highest BCUT2D eigenvalue weighted by Gasteiger charge is 2.31. The lowest BCUT2D eigenvalue weighted by atomic mass is 10.1. The largest absolute Gasteiger partial charge is 0.446 e. The van der Waals surface area contributed by atoms with Crippen LogP contribution in [0.2, 0.25) is 0 Å². The van der Waals surface area contributed by atoms with E-state index in [9.17, 15) is 18.0 Å². The SMILES string of the molecule is Cc1ccc(NC(=O)c2ccccc2SC(F)(F)F)cc1N. The van der Waals surface area contributed by atoms with E-state index in [1.807, 2.05) is 6.92 Å². The van der Waals surface area contributed by atoms with Crippen LogP contribution < -0.4 is 11.1 Å². The van der Waals surface area contributed by atoms with Gasteiger partial charge in [0.2, 0.25) is 0 Å². The Bertz CT molecular complexity index is 701. The van der Waals surface area contributed by atoms with Crippen molar-refractivity contribution in [3.8, 4) is 0 Å². The number of carbonyl (C=O) groups is 1. The van der Waals surface area contributed by atoms with Crippen LogP contribution in [0.15, 0.2) is 47.4 Å². The molecule has 3 N–H and O–H groups in total. The van der Waals surface area contributed by atoms with E-state index in [2.05, 4.69) is 5.32 Å². The molecule has 0 aliphatic carbocycles. The molecule has 0 radical (unpaired) electrons. The number of thioether (sulfide) groups is 1. The number of halogens is 3. The summed E-state index contributed by atoms with van der Waals surface area (Å²) >= 11 is -0.314. The van der Waals surface area contributed by atoms with E-state index in [-0.39, 0.29) is 22.2 Å². The fourth-order valence-electron chi connectivity index (χ4n) is 1.78. The number of hydrogen-bond donors (Lipinski definition) is 2. The van der Waals surface area contributed by atoms with Crippen LogP contribution in [-0.4, -0.2) is 11.4 Å². The zero-order valence-electron chi connectivity index (χ0n) is 11.6. The molecule has 0 unspecified atom stereocenters. The molecule has 0 saturated carbocycles. The molecule has 0 atom stereocenters. The summed E-state index contributed by atoms with van der Waals surface area (Å²) in [5.74, 6) is -0.615.